The summed E-state index contributed by atoms with van der Waals surface area (Å²) in [7, 11) is 0. The minimum absolute atomic E-state index is 0.0738. The van der Waals surface area contributed by atoms with Crippen LogP contribution in [0.3, 0.4) is 0 Å². The number of nitrogens with one attached hydrogen (secondary N) is 1. The fourth-order valence-electron chi connectivity index (χ4n) is 3.32. The number of hydrogen-bond acceptors (Lipinski definition) is 4. The van der Waals surface area contributed by atoms with Gasteiger partial charge in [0.15, 0.2) is 5.82 Å². The number of anilines is 1. The highest BCUT2D eigenvalue weighted by Gasteiger charge is 2.20. The van der Waals surface area contributed by atoms with Crippen LogP contribution in [0.15, 0.2) is 66.7 Å². The molecule has 4 rings (SSSR count). The Morgan fingerprint density at radius 1 is 1.03 bits per heavy atom. The normalized spacial score (nSPS) is 10.8. The molecule has 1 N–H and O–H groups in total. The first-order chi connectivity index (χ1) is 15.5. The first kappa shape index (κ1) is 21.6. The number of benzene rings is 3. The summed E-state index contributed by atoms with van der Waals surface area (Å²) >= 11 is 6.06. The predicted octanol–water partition coefficient (Wildman–Crippen LogP) is 5.86. The largest absolute Gasteiger partial charge is 0.494 e. The third-order valence-electron chi connectivity index (χ3n) is 5.14. The van der Waals surface area contributed by atoms with Gasteiger partial charge in [-0.1, -0.05) is 23.7 Å². The summed E-state index contributed by atoms with van der Waals surface area (Å²) < 4.78 is 7.15. The van der Waals surface area contributed by atoms with Crippen molar-refractivity contribution in [3.05, 3.63) is 88.7 Å². The zero-order valence-electron chi connectivity index (χ0n) is 18.1. The molecule has 0 aliphatic rings. The van der Waals surface area contributed by atoms with Crippen LogP contribution >= 0.6 is 11.6 Å². The van der Waals surface area contributed by atoms with Gasteiger partial charge >= 0.3 is 0 Å². The number of carbonyl (C=O) groups is 1. The monoisotopic (exact) mass is 446 g/mol. The summed E-state index contributed by atoms with van der Waals surface area (Å²) in [6.45, 7) is 6.57. The summed E-state index contributed by atoms with van der Waals surface area (Å²) in [6, 6.07) is 20.4. The van der Waals surface area contributed by atoms with Gasteiger partial charge in [-0.15, -0.1) is 5.10 Å². The summed E-state index contributed by atoms with van der Waals surface area (Å²) in [5, 5.41) is 8.04. The molecule has 0 saturated carbocycles. The van der Waals surface area contributed by atoms with Crippen LogP contribution in [0.4, 0.5) is 5.69 Å². The van der Waals surface area contributed by atoms with Gasteiger partial charge in [0.2, 0.25) is 5.82 Å². The Kier molecular flexibility index (Phi) is 6.23. The molecule has 0 fully saturated rings. The van der Waals surface area contributed by atoms with Crippen LogP contribution in [0.2, 0.25) is 5.02 Å². The number of ether oxygens (including phenoxy) is 1. The van der Waals surface area contributed by atoms with E-state index in [1.54, 1.807) is 41.1 Å². The van der Waals surface area contributed by atoms with E-state index in [1.807, 2.05) is 51.1 Å². The number of carbonyl (C=O) groups excluding carboxylic acids is 1. The standard InChI is InChI=1S/C25H23ClN4O2/c1-4-32-21-14-12-20(13-15-21)27-25(31)23-28-24(18-8-10-19(26)11-9-18)30(29-23)22-7-5-6-16(2)17(22)3/h5-15H,4H2,1-3H3,(H,27,31). The van der Waals surface area contributed by atoms with Gasteiger partial charge in [-0.3, -0.25) is 4.79 Å². The topological polar surface area (TPSA) is 69.0 Å². The number of rotatable bonds is 6. The Bertz CT molecular complexity index is 1250. The number of halogens is 1. The van der Waals surface area contributed by atoms with Crippen molar-refractivity contribution in [1.29, 1.82) is 0 Å². The minimum Gasteiger partial charge on any atom is -0.494 e. The van der Waals surface area contributed by atoms with E-state index in [4.69, 9.17) is 16.3 Å². The molecule has 0 atom stereocenters. The van der Waals surface area contributed by atoms with Gasteiger partial charge in [-0.25, -0.2) is 9.67 Å². The van der Waals surface area contributed by atoms with Crippen molar-refractivity contribution in [2.45, 2.75) is 20.8 Å². The molecule has 162 valence electrons. The molecule has 1 amide bonds. The van der Waals surface area contributed by atoms with Crippen LogP contribution in [0.1, 0.15) is 28.7 Å². The number of aromatic nitrogens is 3. The highest BCUT2D eigenvalue weighted by molar-refractivity contribution is 6.30. The average Bonchev–Trinajstić information content (AvgIpc) is 3.23. The van der Waals surface area contributed by atoms with E-state index in [-0.39, 0.29) is 5.82 Å². The third kappa shape index (κ3) is 4.50. The van der Waals surface area contributed by atoms with E-state index in [0.717, 1.165) is 28.1 Å². The lowest BCUT2D eigenvalue weighted by Gasteiger charge is -2.11. The molecular weight excluding hydrogens is 424 g/mol. The smallest absolute Gasteiger partial charge is 0.295 e. The van der Waals surface area contributed by atoms with Crippen molar-refractivity contribution < 1.29 is 9.53 Å². The highest BCUT2D eigenvalue weighted by atomic mass is 35.5. The number of aryl methyl sites for hydroxylation is 1. The molecule has 0 aliphatic carbocycles. The van der Waals surface area contributed by atoms with E-state index in [2.05, 4.69) is 15.4 Å². The summed E-state index contributed by atoms with van der Waals surface area (Å²) in [5.74, 6) is 0.984. The quantitative estimate of drug-likeness (QED) is 0.403. The van der Waals surface area contributed by atoms with Crippen molar-refractivity contribution in [1.82, 2.24) is 14.8 Å². The molecular formula is C25H23ClN4O2. The minimum atomic E-state index is -0.395. The maximum absolute atomic E-state index is 13.0. The van der Waals surface area contributed by atoms with Crippen molar-refractivity contribution in [2.24, 2.45) is 0 Å². The Morgan fingerprint density at radius 3 is 2.44 bits per heavy atom. The Morgan fingerprint density at radius 2 is 1.75 bits per heavy atom. The van der Waals surface area contributed by atoms with Crippen molar-refractivity contribution in [2.75, 3.05) is 11.9 Å². The maximum Gasteiger partial charge on any atom is 0.295 e. The zero-order valence-corrected chi connectivity index (χ0v) is 18.8. The van der Waals surface area contributed by atoms with E-state index in [1.165, 1.54) is 0 Å². The average molecular weight is 447 g/mol. The molecule has 0 saturated heterocycles. The SMILES string of the molecule is CCOc1ccc(NC(=O)c2nc(-c3ccc(Cl)cc3)n(-c3cccc(C)c3C)n2)cc1. The van der Waals surface area contributed by atoms with Crippen molar-refractivity contribution >= 4 is 23.2 Å². The fourth-order valence-corrected chi connectivity index (χ4v) is 3.44. The van der Waals surface area contributed by atoms with Gasteiger partial charge in [0.25, 0.3) is 5.91 Å². The van der Waals surface area contributed by atoms with Crippen LogP contribution in [-0.2, 0) is 0 Å². The molecule has 0 aliphatic heterocycles. The molecule has 7 heteroatoms. The summed E-state index contributed by atoms with van der Waals surface area (Å²) in [4.78, 5) is 17.5. The molecule has 4 aromatic rings. The molecule has 3 aromatic carbocycles. The zero-order chi connectivity index (χ0) is 22.7. The number of hydrogen-bond donors (Lipinski definition) is 1. The second-order valence-corrected chi connectivity index (χ2v) is 7.74. The highest BCUT2D eigenvalue weighted by Crippen LogP contribution is 2.26. The second kappa shape index (κ2) is 9.24. The van der Waals surface area contributed by atoms with Crippen LogP contribution in [0.5, 0.6) is 5.75 Å². The van der Waals surface area contributed by atoms with Crippen LogP contribution < -0.4 is 10.1 Å². The van der Waals surface area contributed by atoms with Crippen molar-refractivity contribution in [3.8, 4) is 22.8 Å². The van der Waals surface area contributed by atoms with Gasteiger partial charge in [-0.2, -0.15) is 0 Å². The number of amides is 1. The second-order valence-electron chi connectivity index (χ2n) is 7.31. The van der Waals surface area contributed by atoms with Gasteiger partial charge in [0, 0.05) is 16.3 Å². The van der Waals surface area contributed by atoms with Gasteiger partial charge in [-0.05, 0) is 86.5 Å². The van der Waals surface area contributed by atoms with Crippen LogP contribution in [0.25, 0.3) is 17.1 Å². The predicted molar refractivity (Wildman–Crippen MR) is 127 cm³/mol. The molecule has 1 aromatic heterocycles. The van der Waals surface area contributed by atoms with E-state index < -0.39 is 5.91 Å². The lowest BCUT2D eigenvalue weighted by atomic mass is 10.1. The molecule has 0 bridgehead atoms. The first-order valence-electron chi connectivity index (χ1n) is 10.3. The summed E-state index contributed by atoms with van der Waals surface area (Å²) in [6.07, 6.45) is 0. The third-order valence-corrected chi connectivity index (χ3v) is 5.39. The fraction of sp³-hybridized carbons (Fsp3) is 0.160. The first-order valence-corrected chi connectivity index (χ1v) is 10.7. The van der Waals surface area contributed by atoms with Gasteiger partial charge in [0.1, 0.15) is 5.75 Å². The van der Waals surface area contributed by atoms with E-state index >= 15 is 0 Å². The van der Waals surface area contributed by atoms with Crippen LogP contribution in [0, 0.1) is 13.8 Å². The number of nitrogens with zero attached hydrogens (tertiary/aromatic N) is 3. The molecule has 0 unspecified atom stereocenters. The van der Waals surface area contributed by atoms with Crippen LogP contribution in [-0.4, -0.2) is 27.3 Å². The lowest BCUT2D eigenvalue weighted by Crippen LogP contribution is -2.14. The Balaban J connectivity index is 1.72. The summed E-state index contributed by atoms with van der Waals surface area (Å²) in [5.41, 5.74) is 4.49. The van der Waals surface area contributed by atoms with Crippen molar-refractivity contribution in [3.63, 3.8) is 0 Å². The van der Waals surface area contributed by atoms with Gasteiger partial charge < -0.3 is 10.1 Å². The van der Waals surface area contributed by atoms with E-state index in [0.29, 0.717) is 23.1 Å². The molecule has 6 nitrogen and oxygen atoms in total. The lowest BCUT2D eigenvalue weighted by molar-refractivity contribution is 0.101. The molecule has 0 spiro atoms. The van der Waals surface area contributed by atoms with E-state index in [9.17, 15) is 4.79 Å². The maximum atomic E-state index is 13.0. The molecule has 32 heavy (non-hydrogen) atoms. The van der Waals surface area contributed by atoms with Gasteiger partial charge in [0.05, 0.1) is 12.3 Å². The molecule has 0 radical (unpaired) electrons. The Hall–Kier alpha value is -3.64. The Labute approximate surface area is 191 Å². The molecule has 1 heterocycles.